The van der Waals surface area contributed by atoms with E-state index in [0.29, 0.717) is 17.7 Å². The Morgan fingerprint density at radius 1 is 1.03 bits per heavy atom. The van der Waals surface area contributed by atoms with Crippen LogP contribution in [-0.4, -0.2) is 49.3 Å². The molecule has 2 aromatic carbocycles. The summed E-state index contributed by atoms with van der Waals surface area (Å²) < 4.78 is 58.4. The first-order chi connectivity index (χ1) is 15.1. The van der Waals surface area contributed by atoms with E-state index in [1.165, 1.54) is 31.4 Å². The third-order valence-corrected chi connectivity index (χ3v) is 8.05. The largest absolute Gasteiger partial charge is 0.465 e. The van der Waals surface area contributed by atoms with Gasteiger partial charge in [-0.3, -0.25) is 4.72 Å². The third kappa shape index (κ3) is 5.24. The first-order valence-corrected chi connectivity index (χ1v) is 13.8. The topological polar surface area (TPSA) is 110 Å². The number of piperidine rings is 1. The number of hydrogen-bond donors (Lipinski definition) is 1. The summed E-state index contributed by atoms with van der Waals surface area (Å²) >= 11 is 0. The van der Waals surface area contributed by atoms with Crippen molar-refractivity contribution in [3.05, 3.63) is 47.5 Å². The number of anilines is 2. The SMILES string of the molecule is CCc1ccc(C(=O)OC)cc1S(=O)(=O)Nc1cc(S(C)(=O)=O)ccc1N1CCCCC1. The second-order valence-electron chi connectivity index (χ2n) is 7.77. The van der Waals surface area contributed by atoms with Gasteiger partial charge in [-0.1, -0.05) is 13.0 Å². The molecular formula is C22H28N2O6S2. The van der Waals surface area contributed by atoms with Crippen molar-refractivity contribution in [1.82, 2.24) is 0 Å². The third-order valence-electron chi connectivity index (χ3n) is 5.50. The highest BCUT2D eigenvalue weighted by atomic mass is 32.2. The molecule has 0 bridgehead atoms. The van der Waals surface area contributed by atoms with Crippen LogP contribution in [0.5, 0.6) is 0 Å². The maximum Gasteiger partial charge on any atom is 0.337 e. The number of aryl methyl sites for hydroxylation is 1. The normalized spacial score (nSPS) is 14.8. The van der Waals surface area contributed by atoms with Gasteiger partial charge >= 0.3 is 5.97 Å². The minimum absolute atomic E-state index is 0.0231. The Bertz CT molecular complexity index is 1220. The van der Waals surface area contributed by atoms with Crippen molar-refractivity contribution in [2.75, 3.05) is 36.1 Å². The molecule has 0 saturated carbocycles. The van der Waals surface area contributed by atoms with Crippen LogP contribution in [0.4, 0.5) is 11.4 Å². The highest BCUT2D eigenvalue weighted by Crippen LogP contribution is 2.33. The molecule has 1 heterocycles. The molecule has 3 rings (SSSR count). The number of carbonyl (C=O) groups excluding carboxylic acids is 1. The Labute approximate surface area is 189 Å². The van der Waals surface area contributed by atoms with E-state index in [4.69, 9.17) is 4.74 Å². The molecule has 1 aliphatic heterocycles. The summed E-state index contributed by atoms with van der Waals surface area (Å²) in [6.45, 7) is 3.32. The van der Waals surface area contributed by atoms with Gasteiger partial charge in [-0.05, 0) is 61.6 Å². The lowest BCUT2D eigenvalue weighted by Gasteiger charge is -2.31. The van der Waals surface area contributed by atoms with E-state index in [1.54, 1.807) is 12.1 Å². The van der Waals surface area contributed by atoms with Gasteiger partial charge in [0, 0.05) is 19.3 Å². The molecular weight excluding hydrogens is 452 g/mol. The summed E-state index contributed by atoms with van der Waals surface area (Å²) in [5.41, 5.74) is 1.47. The molecule has 8 nitrogen and oxygen atoms in total. The quantitative estimate of drug-likeness (QED) is 0.606. The lowest BCUT2D eigenvalue weighted by molar-refractivity contribution is 0.0600. The average molecular weight is 481 g/mol. The maximum absolute atomic E-state index is 13.4. The maximum atomic E-state index is 13.4. The Morgan fingerprint density at radius 2 is 1.72 bits per heavy atom. The van der Waals surface area contributed by atoms with E-state index in [-0.39, 0.29) is 21.0 Å². The van der Waals surface area contributed by atoms with Crippen molar-refractivity contribution in [3.8, 4) is 0 Å². The molecule has 0 atom stereocenters. The highest BCUT2D eigenvalue weighted by molar-refractivity contribution is 7.92. The van der Waals surface area contributed by atoms with Crippen LogP contribution in [0.25, 0.3) is 0 Å². The predicted octanol–water partition coefficient (Wildman–Crippen LogP) is 3.23. The van der Waals surface area contributed by atoms with Crippen LogP contribution >= 0.6 is 0 Å². The van der Waals surface area contributed by atoms with Crippen LogP contribution < -0.4 is 9.62 Å². The standard InChI is InChI=1S/C22H28N2O6S2/c1-4-16-8-9-17(22(25)30-2)14-21(16)32(28,29)23-19-15-18(31(3,26)27)10-11-20(19)24-12-6-5-7-13-24/h8-11,14-15,23H,4-7,12-13H2,1-3H3. The van der Waals surface area contributed by atoms with Crippen LogP contribution in [0, 0.1) is 0 Å². The number of hydrogen-bond acceptors (Lipinski definition) is 7. The van der Waals surface area contributed by atoms with Gasteiger partial charge in [-0.2, -0.15) is 0 Å². The summed E-state index contributed by atoms with van der Waals surface area (Å²) in [6.07, 6.45) is 4.55. The number of benzene rings is 2. The fraction of sp³-hybridized carbons (Fsp3) is 0.409. The Kier molecular flexibility index (Phi) is 7.14. The van der Waals surface area contributed by atoms with Gasteiger partial charge in [0.2, 0.25) is 0 Å². The van der Waals surface area contributed by atoms with Crippen LogP contribution in [0.15, 0.2) is 46.2 Å². The van der Waals surface area contributed by atoms with Crippen LogP contribution in [0.3, 0.4) is 0 Å². The fourth-order valence-electron chi connectivity index (χ4n) is 3.78. The van der Waals surface area contributed by atoms with Gasteiger partial charge in [-0.15, -0.1) is 0 Å². The average Bonchev–Trinajstić information content (AvgIpc) is 2.77. The van der Waals surface area contributed by atoms with E-state index < -0.39 is 25.8 Å². The zero-order valence-electron chi connectivity index (χ0n) is 18.4. The molecule has 0 aliphatic carbocycles. The number of nitrogens with zero attached hydrogens (tertiary/aromatic N) is 1. The number of nitrogens with one attached hydrogen (secondary N) is 1. The molecule has 2 aromatic rings. The molecule has 174 valence electrons. The number of rotatable bonds is 7. The molecule has 1 fully saturated rings. The number of methoxy groups -OCH3 is 1. The lowest BCUT2D eigenvalue weighted by Crippen LogP contribution is -2.30. The summed E-state index contributed by atoms with van der Waals surface area (Å²) in [4.78, 5) is 14.0. The fourth-order valence-corrected chi connectivity index (χ4v) is 5.83. The van der Waals surface area contributed by atoms with Crippen LogP contribution in [-0.2, 0) is 31.0 Å². The van der Waals surface area contributed by atoms with E-state index >= 15 is 0 Å². The lowest BCUT2D eigenvalue weighted by atomic mass is 10.1. The van der Waals surface area contributed by atoms with E-state index in [9.17, 15) is 21.6 Å². The predicted molar refractivity (Wildman–Crippen MR) is 124 cm³/mol. The monoisotopic (exact) mass is 480 g/mol. The van der Waals surface area contributed by atoms with Crippen LogP contribution in [0.1, 0.15) is 42.1 Å². The molecule has 1 aliphatic rings. The van der Waals surface area contributed by atoms with E-state index in [2.05, 4.69) is 9.62 Å². The Morgan fingerprint density at radius 3 is 2.31 bits per heavy atom. The summed E-state index contributed by atoms with van der Waals surface area (Å²) in [5, 5.41) is 0. The van der Waals surface area contributed by atoms with Crippen molar-refractivity contribution < 1.29 is 26.4 Å². The van der Waals surface area contributed by atoms with Crippen molar-refractivity contribution in [3.63, 3.8) is 0 Å². The van der Waals surface area contributed by atoms with Gasteiger partial charge < -0.3 is 9.64 Å². The summed E-state index contributed by atoms with van der Waals surface area (Å²) in [7, 11) is -6.44. The summed E-state index contributed by atoms with van der Waals surface area (Å²) in [5.74, 6) is -0.641. The zero-order chi connectivity index (χ0) is 23.5. The minimum atomic E-state index is -4.12. The van der Waals surface area contributed by atoms with Gasteiger partial charge in [0.25, 0.3) is 10.0 Å². The van der Waals surface area contributed by atoms with Gasteiger partial charge in [-0.25, -0.2) is 21.6 Å². The van der Waals surface area contributed by atoms with Crippen molar-refractivity contribution in [2.45, 2.75) is 42.4 Å². The second-order valence-corrected chi connectivity index (χ2v) is 11.4. The molecule has 10 heteroatoms. The second kappa shape index (κ2) is 9.50. The molecule has 0 unspecified atom stereocenters. The molecule has 1 N–H and O–H groups in total. The van der Waals surface area contributed by atoms with Crippen molar-refractivity contribution in [1.29, 1.82) is 0 Å². The molecule has 0 aromatic heterocycles. The number of sulfone groups is 1. The molecule has 0 amide bonds. The van der Waals surface area contributed by atoms with Gasteiger partial charge in [0.05, 0.1) is 33.8 Å². The molecule has 0 spiro atoms. The molecule has 32 heavy (non-hydrogen) atoms. The Hall–Kier alpha value is -2.59. The van der Waals surface area contributed by atoms with Gasteiger partial charge in [0.15, 0.2) is 9.84 Å². The number of sulfonamides is 1. The molecule has 0 radical (unpaired) electrons. The van der Waals surface area contributed by atoms with E-state index in [0.717, 1.165) is 38.6 Å². The highest BCUT2D eigenvalue weighted by Gasteiger charge is 2.24. The minimum Gasteiger partial charge on any atom is -0.465 e. The van der Waals surface area contributed by atoms with E-state index in [1.807, 2.05) is 6.92 Å². The van der Waals surface area contributed by atoms with Crippen LogP contribution in [0.2, 0.25) is 0 Å². The van der Waals surface area contributed by atoms with Crippen molar-refractivity contribution >= 4 is 37.2 Å². The first-order valence-electron chi connectivity index (χ1n) is 10.4. The van der Waals surface area contributed by atoms with Crippen molar-refractivity contribution in [2.24, 2.45) is 0 Å². The summed E-state index contributed by atoms with van der Waals surface area (Å²) in [6, 6.07) is 8.88. The Balaban J connectivity index is 2.10. The smallest absolute Gasteiger partial charge is 0.337 e. The molecule has 1 saturated heterocycles. The number of esters is 1. The zero-order valence-corrected chi connectivity index (χ0v) is 20.1. The number of carbonyl (C=O) groups is 1. The van der Waals surface area contributed by atoms with Gasteiger partial charge in [0.1, 0.15) is 0 Å². The number of ether oxygens (including phenoxy) is 1. The first kappa shape index (κ1) is 24.1.